The van der Waals surface area contributed by atoms with Crippen LogP contribution in [0.2, 0.25) is 5.02 Å². The largest absolute Gasteiger partial charge is 0.453 e. The Hall–Kier alpha value is -4.38. The van der Waals surface area contributed by atoms with Crippen molar-refractivity contribution in [3.8, 4) is 11.3 Å². The number of carbonyl (C=O) groups excluding carboxylic acids is 3. The van der Waals surface area contributed by atoms with Crippen molar-refractivity contribution >= 4 is 46.8 Å². The van der Waals surface area contributed by atoms with Crippen LogP contribution in [0.5, 0.6) is 0 Å². The fourth-order valence-corrected chi connectivity index (χ4v) is 5.58. The van der Waals surface area contributed by atoms with Crippen LogP contribution in [0.15, 0.2) is 48.7 Å². The average molecular weight is 596 g/mol. The van der Waals surface area contributed by atoms with Gasteiger partial charge in [0.15, 0.2) is 5.82 Å². The van der Waals surface area contributed by atoms with E-state index in [9.17, 15) is 18.8 Å². The summed E-state index contributed by atoms with van der Waals surface area (Å²) in [5, 5.41) is 5.50. The minimum Gasteiger partial charge on any atom is -0.453 e. The number of nitrogens with one attached hydrogen (secondary N) is 2. The molecule has 1 saturated heterocycles. The Morgan fingerprint density at radius 1 is 1.19 bits per heavy atom. The van der Waals surface area contributed by atoms with E-state index in [0.29, 0.717) is 54.9 Å². The fourth-order valence-electron chi connectivity index (χ4n) is 5.42. The molecule has 0 aliphatic carbocycles. The standard InChI is InChI=1S/C30H31ClFN5O5/c1-16-4-3-5-24(37-13-11-25(42-30(37)40)26-21(33)9-8-20(31)27(26)32)17-10-12-34-22(14-17)19-7-6-18(35-29(39)41-2)15-23(19)36-28(16)38/h6-10,12,14-16,24-25H,3-5,11,13,33H2,1-2H3,(H,35,39)(H,36,38)/t16-,24+,25-/m1/s1. The smallest absolute Gasteiger partial charge is 0.411 e. The number of nitrogen functional groups attached to an aromatic ring is 1. The van der Waals surface area contributed by atoms with Gasteiger partial charge in [-0.2, -0.15) is 0 Å². The van der Waals surface area contributed by atoms with E-state index < -0.39 is 24.1 Å². The lowest BCUT2D eigenvalue weighted by Gasteiger charge is -2.38. The third kappa shape index (κ3) is 5.96. The number of hydrogen-bond donors (Lipinski definition) is 3. The summed E-state index contributed by atoms with van der Waals surface area (Å²) >= 11 is 5.97. The zero-order valence-electron chi connectivity index (χ0n) is 23.2. The van der Waals surface area contributed by atoms with Crippen LogP contribution in [0.1, 0.15) is 55.9 Å². The summed E-state index contributed by atoms with van der Waals surface area (Å²) < 4.78 is 25.3. The second-order valence-electron chi connectivity index (χ2n) is 10.4. The molecule has 2 aromatic carbocycles. The number of halogens is 2. The number of amides is 3. The monoisotopic (exact) mass is 595 g/mol. The highest BCUT2D eigenvalue weighted by atomic mass is 35.5. The molecule has 0 spiro atoms. The fraction of sp³-hybridized carbons (Fsp3) is 0.333. The van der Waals surface area contributed by atoms with Gasteiger partial charge in [0.1, 0.15) is 6.10 Å². The highest BCUT2D eigenvalue weighted by molar-refractivity contribution is 6.30. The number of aromatic nitrogens is 1. The van der Waals surface area contributed by atoms with Gasteiger partial charge in [0, 0.05) is 42.0 Å². The van der Waals surface area contributed by atoms with Gasteiger partial charge in [0.05, 0.1) is 35.1 Å². The first-order chi connectivity index (χ1) is 20.2. The number of nitrogens with zero attached hydrogens (tertiary/aromatic N) is 2. The number of rotatable bonds is 3. The molecule has 1 aromatic heterocycles. The van der Waals surface area contributed by atoms with Crippen LogP contribution in [0.25, 0.3) is 11.3 Å². The van der Waals surface area contributed by atoms with Crippen LogP contribution in [-0.4, -0.2) is 41.6 Å². The molecular weight excluding hydrogens is 565 g/mol. The molecule has 3 heterocycles. The number of pyridine rings is 1. The predicted octanol–water partition coefficient (Wildman–Crippen LogP) is 6.68. The number of cyclic esters (lactones) is 1. The molecule has 0 saturated carbocycles. The molecule has 12 heteroatoms. The normalized spacial score (nSPS) is 20.8. The minimum atomic E-state index is -0.866. The van der Waals surface area contributed by atoms with E-state index in [4.69, 9.17) is 22.1 Å². The maximum absolute atomic E-state index is 14.8. The van der Waals surface area contributed by atoms with E-state index in [0.717, 1.165) is 5.56 Å². The number of carbonyl (C=O) groups is 3. The van der Waals surface area contributed by atoms with Gasteiger partial charge in [-0.05, 0) is 60.9 Å². The van der Waals surface area contributed by atoms with Gasteiger partial charge in [-0.3, -0.25) is 15.1 Å². The van der Waals surface area contributed by atoms with E-state index in [1.807, 2.05) is 19.1 Å². The van der Waals surface area contributed by atoms with Crippen LogP contribution in [0.4, 0.5) is 31.0 Å². The summed E-state index contributed by atoms with van der Waals surface area (Å²) in [7, 11) is 1.27. The molecule has 2 aliphatic heterocycles. The summed E-state index contributed by atoms with van der Waals surface area (Å²) in [5.74, 6) is -1.20. The molecule has 3 aromatic rings. The van der Waals surface area contributed by atoms with Crippen LogP contribution in [-0.2, 0) is 14.3 Å². The van der Waals surface area contributed by atoms with Gasteiger partial charge in [-0.1, -0.05) is 24.9 Å². The van der Waals surface area contributed by atoms with E-state index >= 15 is 0 Å². The molecule has 2 bridgehead atoms. The zero-order chi connectivity index (χ0) is 30.0. The van der Waals surface area contributed by atoms with Crippen molar-refractivity contribution in [2.45, 2.75) is 44.8 Å². The Kier molecular flexibility index (Phi) is 8.49. The first kappa shape index (κ1) is 29.1. The number of hydrogen-bond acceptors (Lipinski definition) is 7. The molecule has 4 N–H and O–H groups in total. The molecule has 3 atom stereocenters. The van der Waals surface area contributed by atoms with E-state index in [1.54, 1.807) is 29.3 Å². The Bertz CT molecular complexity index is 1540. The topological polar surface area (TPSA) is 136 Å². The van der Waals surface area contributed by atoms with E-state index in [1.165, 1.54) is 19.2 Å². The summed E-state index contributed by atoms with van der Waals surface area (Å²) in [4.78, 5) is 44.5. The molecule has 3 amide bonds. The number of ether oxygens (including phenoxy) is 2. The Labute approximate surface area is 247 Å². The quantitative estimate of drug-likeness (QED) is 0.287. The van der Waals surface area contributed by atoms with Crippen molar-refractivity contribution in [3.63, 3.8) is 0 Å². The van der Waals surface area contributed by atoms with Gasteiger partial charge in [-0.15, -0.1) is 0 Å². The average Bonchev–Trinajstić information content (AvgIpc) is 2.97. The highest BCUT2D eigenvalue weighted by Crippen LogP contribution is 2.40. The lowest BCUT2D eigenvalue weighted by atomic mass is 9.93. The van der Waals surface area contributed by atoms with Crippen molar-refractivity contribution < 1.29 is 28.2 Å². The third-order valence-corrected chi connectivity index (χ3v) is 7.98. The first-order valence-corrected chi connectivity index (χ1v) is 14.0. The Balaban J connectivity index is 1.48. The van der Waals surface area contributed by atoms with Gasteiger partial charge in [0.2, 0.25) is 5.91 Å². The maximum atomic E-state index is 14.8. The van der Waals surface area contributed by atoms with Crippen molar-refractivity contribution in [1.29, 1.82) is 0 Å². The predicted molar refractivity (Wildman–Crippen MR) is 156 cm³/mol. The summed E-state index contributed by atoms with van der Waals surface area (Å²) in [6, 6.07) is 11.3. The molecule has 0 radical (unpaired) electrons. The lowest BCUT2D eigenvalue weighted by molar-refractivity contribution is -0.119. The van der Waals surface area contributed by atoms with Crippen molar-refractivity contribution in [2.24, 2.45) is 5.92 Å². The molecule has 0 unspecified atom stereocenters. The molecular formula is C30H31ClFN5O5. The number of nitrogens with two attached hydrogens (primary N) is 1. The van der Waals surface area contributed by atoms with Crippen molar-refractivity contribution in [2.75, 3.05) is 30.0 Å². The van der Waals surface area contributed by atoms with Crippen molar-refractivity contribution in [1.82, 2.24) is 9.88 Å². The van der Waals surface area contributed by atoms with E-state index in [-0.39, 0.29) is 34.1 Å². The van der Waals surface area contributed by atoms with Crippen LogP contribution >= 0.6 is 11.6 Å². The van der Waals surface area contributed by atoms with Crippen molar-refractivity contribution in [3.05, 3.63) is 70.6 Å². The number of benzene rings is 2. The van der Waals surface area contributed by atoms with Gasteiger partial charge < -0.3 is 25.4 Å². The van der Waals surface area contributed by atoms with Gasteiger partial charge in [0.25, 0.3) is 0 Å². The Morgan fingerprint density at radius 3 is 2.76 bits per heavy atom. The number of fused-ring (bicyclic) bond motifs is 4. The molecule has 1 fully saturated rings. The molecule has 220 valence electrons. The number of anilines is 3. The molecule has 10 nitrogen and oxygen atoms in total. The number of methoxy groups -OCH3 is 1. The summed E-state index contributed by atoms with van der Waals surface area (Å²) in [6.45, 7) is 2.14. The summed E-state index contributed by atoms with van der Waals surface area (Å²) in [6.07, 6.45) is 1.67. The molecule has 5 rings (SSSR count). The molecule has 2 aliphatic rings. The first-order valence-electron chi connectivity index (χ1n) is 13.6. The van der Waals surface area contributed by atoms with E-state index in [2.05, 4.69) is 20.4 Å². The lowest BCUT2D eigenvalue weighted by Crippen LogP contribution is -2.42. The second kappa shape index (κ2) is 12.2. The Morgan fingerprint density at radius 2 is 2.00 bits per heavy atom. The third-order valence-electron chi connectivity index (χ3n) is 7.69. The summed E-state index contributed by atoms with van der Waals surface area (Å²) in [5.41, 5.74) is 9.24. The minimum absolute atomic E-state index is 0.0814. The van der Waals surface area contributed by atoms with Gasteiger partial charge in [-0.25, -0.2) is 14.0 Å². The highest BCUT2D eigenvalue weighted by Gasteiger charge is 2.36. The van der Waals surface area contributed by atoms with Crippen LogP contribution < -0.4 is 16.4 Å². The van der Waals surface area contributed by atoms with Crippen LogP contribution in [0, 0.1) is 11.7 Å². The molecule has 42 heavy (non-hydrogen) atoms. The van der Waals surface area contributed by atoms with Crippen LogP contribution in [0.3, 0.4) is 0 Å². The second-order valence-corrected chi connectivity index (χ2v) is 10.8. The maximum Gasteiger partial charge on any atom is 0.411 e. The van der Waals surface area contributed by atoms with Gasteiger partial charge >= 0.3 is 12.2 Å². The SMILES string of the molecule is COC(=O)Nc1ccc2c(c1)NC(=O)[C@H](C)CCC[C@H](N1CC[C@H](c3c(N)ccc(Cl)c3F)OC1=O)c1ccnc-2c1. The zero-order valence-corrected chi connectivity index (χ0v) is 23.9.